The maximum absolute atomic E-state index is 6.03. The van der Waals surface area contributed by atoms with Crippen molar-refractivity contribution in [1.29, 1.82) is 0 Å². The van der Waals surface area contributed by atoms with E-state index in [1.807, 2.05) is 6.92 Å². The predicted molar refractivity (Wildman–Crippen MR) is 68.5 cm³/mol. The summed E-state index contributed by atoms with van der Waals surface area (Å²) in [4.78, 5) is 0. The van der Waals surface area contributed by atoms with Gasteiger partial charge in [0.2, 0.25) is 0 Å². The highest BCUT2D eigenvalue weighted by molar-refractivity contribution is 5.32. The standard InChI is InChI=1S/C14H23NO/c1-5-14(4,15)10-16-9-13-11(2)7-6-8-12(13)3/h6-8H,5,9-10,15H2,1-4H3. The van der Waals surface area contributed by atoms with Gasteiger partial charge in [-0.1, -0.05) is 25.1 Å². The van der Waals surface area contributed by atoms with E-state index in [0.29, 0.717) is 13.2 Å². The Balaban J connectivity index is 2.56. The molecule has 0 fully saturated rings. The first kappa shape index (κ1) is 13.2. The molecule has 2 heteroatoms. The highest BCUT2D eigenvalue weighted by Gasteiger charge is 2.15. The lowest BCUT2D eigenvalue weighted by atomic mass is 10.0. The zero-order valence-corrected chi connectivity index (χ0v) is 10.8. The van der Waals surface area contributed by atoms with Crippen molar-refractivity contribution in [1.82, 2.24) is 0 Å². The predicted octanol–water partition coefficient (Wildman–Crippen LogP) is 2.95. The lowest BCUT2D eigenvalue weighted by Gasteiger charge is -2.22. The Kier molecular flexibility index (Phi) is 4.51. The quantitative estimate of drug-likeness (QED) is 0.829. The molecule has 1 aromatic carbocycles. The minimum absolute atomic E-state index is 0.212. The van der Waals surface area contributed by atoms with Gasteiger partial charge in [0.25, 0.3) is 0 Å². The van der Waals surface area contributed by atoms with E-state index >= 15 is 0 Å². The highest BCUT2D eigenvalue weighted by Crippen LogP contribution is 2.15. The third kappa shape index (κ3) is 3.62. The topological polar surface area (TPSA) is 35.2 Å². The van der Waals surface area contributed by atoms with Crippen LogP contribution >= 0.6 is 0 Å². The second-order valence-corrected chi connectivity index (χ2v) is 4.87. The Morgan fingerprint density at radius 1 is 1.25 bits per heavy atom. The van der Waals surface area contributed by atoms with Crippen LogP contribution in [0, 0.1) is 13.8 Å². The van der Waals surface area contributed by atoms with Crippen LogP contribution in [0.15, 0.2) is 18.2 Å². The normalized spacial score (nSPS) is 14.8. The van der Waals surface area contributed by atoms with E-state index in [0.717, 1.165) is 6.42 Å². The lowest BCUT2D eigenvalue weighted by Crippen LogP contribution is -2.40. The first-order valence-electron chi connectivity index (χ1n) is 5.88. The molecule has 2 N–H and O–H groups in total. The Morgan fingerprint density at radius 2 is 1.81 bits per heavy atom. The van der Waals surface area contributed by atoms with Crippen LogP contribution < -0.4 is 5.73 Å². The Hall–Kier alpha value is -0.860. The van der Waals surface area contributed by atoms with E-state index in [2.05, 4.69) is 39.0 Å². The summed E-state index contributed by atoms with van der Waals surface area (Å²) in [7, 11) is 0. The zero-order chi connectivity index (χ0) is 12.2. The number of rotatable bonds is 5. The second-order valence-electron chi connectivity index (χ2n) is 4.87. The van der Waals surface area contributed by atoms with Gasteiger partial charge in [0.15, 0.2) is 0 Å². The first-order valence-corrected chi connectivity index (χ1v) is 5.88. The summed E-state index contributed by atoms with van der Waals surface area (Å²) in [6.07, 6.45) is 0.930. The third-order valence-corrected chi connectivity index (χ3v) is 3.13. The lowest BCUT2D eigenvalue weighted by molar-refractivity contribution is 0.0771. The van der Waals surface area contributed by atoms with E-state index in [4.69, 9.17) is 10.5 Å². The molecule has 0 aliphatic rings. The van der Waals surface area contributed by atoms with E-state index in [-0.39, 0.29) is 5.54 Å². The molecule has 1 atom stereocenters. The molecule has 16 heavy (non-hydrogen) atoms. The van der Waals surface area contributed by atoms with Crippen molar-refractivity contribution in [3.05, 3.63) is 34.9 Å². The molecule has 0 spiro atoms. The number of benzene rings is 1. The molecule has 1 unspecified atom stereocenters. The average Bonchev–Trinajstić information content (AvgIpc) is 2.22. The molecule has 0 aromatic heterocycles. The summed E-state index contributed by atoms with van der Waals surface area (Å²) >= 11 is 0. The summed E-state index contributed by atoms with van der Waals surface area (Å²) < 4.78 is 5.71. The largest absolute Gasteiger partial charge is 0.375 e. The summed E-state index contributed by atoms with van der Waals surface area (Å²) in [5, 5.41) is 0. The molecule has 0 heterocycles. The molecule has 0 saturated heterocycles. The van der Waals surface area contributed by atoms with Crippen molar-refractivity contribution >= 4 is 0 Å². The van der Waals surface area contributed by atoms with Gasteiger partial charge in [0.05, 0.1) is 13.2 Å². The Labute approximate surface area is 98.8 Å². The average molecular weight is 221 g/mol. The Morgan fingerprint density at radius 3 is 2.31 bits per heavy atom. The van der Waals surface area contributed by atoms with Crippen LogP contribution in [0.1, 0.15) is 37.0 Å². The van der Waals surface area contributed by atoms with Crippen LogP contribution in [0.25, 0.3) is 0 Å². The molecule has 0 radical (unpaired) electrons. The SMILES string of the molecule is CCC(C)(N)COCc1c(C)cccc1C. The molecule has 2 nitrogen and oxygen atoms in total. The van der Waals surface area contributed by atoms with Gasteiger partial charge in [-0.15, -0.1) is 0 Å². The van der Waals surface area contributed by atoms with Crippen LogP contribution in [0.3, 0.4) is 0 Å². The maximum Gasteiger partial charge on any atom is 0.0722 e. The van der Waals surface area contributed by atoms with Gasteiger partial charge in [-0.05, 0) is 43.9 Å². The first-order chi connectivity index (χ1) is 7.46. The molecule has 0 aliphatic carbocycles. The van der Waals surface area contributed by atoms with Crippen molar-refractivity contribution < 1.29 is 4.74 Å². The molecule has 1 aromatic rings. The number of hydrogen-bond acceptors (Lipinski definition) is 2. The van der Waals surface area contributed by atoms with E-state index in [1.165, 1.54) is 16.7 Å². The highest BCUT2D eigenvalue weighted by atomic mass is 16.5. The third-order valence-electron chi connectivity index (χ3n) is 3.13. The number of aryl methyl sites for hydroxylation is 2. The van der Waals surface area contributed by atoms with Gasteiger partial charge in [0.1, 0.15) is 0 Å². The van der Waals surface area contributed by atoms with Crippen LogP contribution in [-0.2, 0) is 11.3 Å². The number of ether oxygens (including phenoxy) is 1. The van der Waals surface area contributed by atoms with E-state index in [9.17, 15) is 0 Å². The van der Waals surface area contributed by atoms with Crippen LogP contribution in [0.4, 0.5) is 0 Å². The number of nitrogens with two attached hydrogens (primary N) is 1. The smallest absolute Gasteiger partial charge is 0.0722 e. The van der Waals surface area contributed by atoms with Crippen molar-refractivity contribution in [2.75, 3.05) is 6.61 Å². The molecule has 0 aliphatic heterocycles. The minimum atomic E-state index is -0.212. The van der Waals surface area contributed by atoms with Crippen LogP contribution in [-0.4, -0.2) is 12.1 Å². The van der Waals surface area contributed by atoms with Gasteiger partial charge >= 0.3 is 0 Å². The molecule has 0 saturated carbocycles. The minimum Gasteiger partial charge on any atom is -0.375 e. The van der Waals surface area contributed by atoms with Crippen molar-refractivity contribution in [2.24, 2.45) is 5.73 Å². The van der Waals surface area contributed by atoms with E-state index < -0.39 is 0 Å². The summed E-state index contributed by atoms with van der Waals surface area (Å²) in [5.74, 6) is 0. The fourth-order valence-electron chi connectivity index (χ4n) is 1.56. The van der Waals surface area contributed by atoms with Crippen LogP contribution in [0.2, 0.25) is 0 Å². The molecular formula is C14H23NO. The summed E-state index contributed by atoms with van der Waals surface area (Å²) in [6.45, 7) is 9.61. The fraction of sp³-hybridized carbons (Fsp3) is 0.571. The monoisotopic (exact) mass is 221 g/mol. The summed E-state index contributed by atoms with van der Waals surface area (Å²) in [5.41, 5.74) is 9.68. The van der Waals surface area contributed by atoms with Gasteiger partial charge in [-0.25, -0.2) is 0 Å². The van der Waals surface area contributed by atoms with Crippen molar-refractivity contribution in [2.45, 2.75) is 46.3 Å². The van der Waals surface area contributed by atoms with Crippen molar-refractivity contribution in [3.8, 4) is 0 Å². The van der Waals surface area contributed by atoms with Gasteiger partial charge < -0.3 is 10.5 Å². The maximum atomic E-state index is 6.03. The zero-order valence-electron chi connectivity index (χ0n) is 10.8. The van der Waals surface area contributed by atoms with E-state index in [1.54, 1.807) is 0 Å². The second kappa shape index (κ2) is 5.46. The number of hydrogen-bond donors (Lipinski definition) is 1. The molecule has 0 amide bonds. The summed E-state index contributed by atoms with van der Waals surface area (Å²) in [6, 6.07) is 6.31. The molecule has 90 valence electrons. The van der Waals surface area contributed by atoms with Gasteiger partial charge in [-0.3, -0.25) is 0 Å². The molecule has 0 bridgehead atoms. The van der Waals surface area contributed by atoms with Crippen LogP contribution in [0.5, 0.6) is 0 Å². The van der Waals surface area contributed by atoms with Crippen molar-refractivity contribution in [3.63, 3.8) is 0 Å². The fourth-order valence-corrected chi connectivity index (χ4v) is 1.56. The Bertz CT molecular complexity index is 324. The van der Waals surface area contributed by atoms with Gasteiger partial charge in [-0.2, -0.15) is 0 Å². The molecular weight excluding hydrogens is 198 g/mol. The molecule has 1 rings (SSSR count). The van der Waals surface area contributed by atoms with Gasteiger partial charge in [0, 0.05) is 5.54 Å².